The van der Waals surface area contributed by atoms with Gasteiger partial charge in [0.2, 0.25) is 11.9 Å². The molecule has 0 spiro atoms. The number of aromatic nitrogens is 3. The van der Waals surface area contributed by atoms with Crippen molar-refractivity contribution in [1.82, 2.24) is 20.3 Å². The summed E-state index contributed by atoms with van der Waals surface area (Å²) in [7, 11) is 0. The van der Waals surface area contributed by atoms with Crippen LogP contribution in [0.25, 0.3) is 0 Å². The fourth-order valence-corrected chi connectivity index (χ4v) is 3.64. The Morgan fingerprint density at radius 3 is 2.96 bits per heavy atom. The predicted octanol–water partition coefficient (Wildman–Crippen LogP) is 1.17. The number of anilines is 1. The number of ether oxygens (including phenoxy) is 1. The predicted molar refractivity (Wildman–Crippen MR) is 91.7 cm³/mol. The van der Waals surface area contributed by atoms with Crippen molar-refractivity contribution in [1.29, 1.82) is 0 Å². The highest BCUT2D eigenvalue weighted by atomic mass is 16.5. The number of nitrogens with zero attached hydrogens (tertiary/aromatic N) is 4. The molecule has 1 amide bonds. The van der Waals surface area contributed by atoms with E-state index in [1.165, 1.54) is 0 Å². The number of hydrogen-bond donors (Lipinski definition) is 1. The number of piperidine rings is 1. The van der Waals surface area contributed by atoms with E-state index in [0.717, 1.165) is 25.0 Å². The summed E-state index contributed by atoms with van der Waals surface area (Å²) in [4.78, 5) is 27.6. The number of carbonyl (C=O) groups is 1. The van der Waals surface area contributed by atoms with Gasteiger partial charge >= 0.3 is 0 Å². The summed E-state index contributed by atoms with van der Waals surface area (Å²) in [6, 6.07) is 5.88. The molecule has 25 heavy (non-hydrogen) atoms. The van der Waals surface area contributed by atoms with Gasteiger partial charge in [-0.05, 0) is 30.5 Å². The van der Waals surface area contributed by atoms with Crippen molar-refractivity contribution in [3.05, 3.63) is 48.5 Å². The van der Waals surface area contributed by atoms with E-state index in [1.807, 2.05) is 12.1 Å². The van der Waals surface area contributed by atoms with Crippen molar-refractivity contribution in [3.63, 3.8) is 0 Å². The van der Waals surface area contributed by atoms with Gasteiger partial charge in [0.1, 0.15) is 0 Å². The van der Waals surface area contributed by atoms with Crippen molar-refractivity contribution in [2.45, 2.75) is 31.5 Å². The molecule has 7 heteroatoms. The molecule has 130 valence electrons. The molecule has 3 atom stereocenters. The molecule has 1 N–H and O–H groups in total. The molecule has 2 saturated heterocycles. The summed E-state index contributed by atoms with van der Waals surface area (Å²) in [5.41, 5.74) is 0.991. The maximum absolute atomic E-state index is 12.7. The Hall–Kier alpha value is -2.54. The highest BCUT2D eigenvalue weighted by Crippen LogP contribution is 2.33. The summed E-state index contributed by atoms with van der Waals surface area (Å²) < 4.78 is 5.86. The Morgan fingerprint density at radius 2 is 2.16 bits per heavy atom. The van der Waals surface area contributed by atoms with Crippen LogP contribution in [0.3, 0.4) is 0 Å². The standard InChI is InChI=1S/C18H21N5O2/c24-17(22-11-13-3-1-5-19-10-13)14-9-16-15(4-8-25-16)23(12-14)18-20-6-2-7-21-18/h1-3,5-7,10,14-16H,4,8-9,11-12H2,(H,22,24)/t14-,15+,16+/m0/s1. The fraction of sp³-hybridized carbons (Fsp3) is 0.444. The lowest BCUT2D eigenvalue weighted by atomic mass is 9.89. The van der Waals surface area contributed by atoms with Crippen LogP contribution in [-0.4, -0.2) is 46.2 Å². The second kappa shape index (κ2) is 7.14. The van der Waals surface area contributed by atoms with Crippen LogP contribution in [0.5, 0.6) is 0 Å². The zero-order valence-corrected chi connectivity index (χ0v) is 13.9. The van der Waals surface area contributed by atoms with Gasteiger partial charge in [0.15, 0.2) is 0 Å². The second-order valence-corrected chi connectivity index (χ2v) is 6.48. The van der Waals surface area contributed by atoms with Crippen molar-refractivity contribution < 1.29 is 9.53 Å². The van der Waals surface area contributed by atoms with Crippen LogP contribution in [0.15, 0.2) is 43.0 Å². The van der Waals surface area contributed by atoms with Crippen LogP contribution in [0, 0.1) is 5.92 Å². The van der Waals surface area contributed by atoms with Crippen LogP contribution in [0.2, 0.25) is 0 Å². The number of amides is 1. The Balaban J connectivity index is 1.45. The summed E-state index contributed by atoms with van der Waals surface area (Å²) >= 11 is 0. The minimum atomic E-state index is -0.139. The van der Waals surface area contributed by atoms with E-state index in [2.05, 4.69) is 25.2 Å². The number of pyridine rings is 1. The van der Waals surface area contributed by atoms with E-state index in [-0.39, 0.29) is 24.0 Å². The monoisotopic (exact) mass is 339 g/mol. The van der Waals surface area contributed by atoms with Gasteiger partial charge in [0.25, 0.3) is 0 Å². The third-order valence-corrected chi connectivity index (χ3v) is 4.88. The lowest BCUT2D eigenvalue weighted by Gasteiger charge is -2.40. The van der Waals surface area contributed by atoms with Gasteiger partial charge < -0.3 is 15.0 Å². The third kappa shape index (κ3) is 3.46. The number of rotatable bonds is 4. The number of hydrogen-bond acceptors (Lipinski definition) is 6. The SMILES string of the molecule is O=C(NCc1cccnc1)[C@H]1C[C@H]2OCC[C@H]2N(c2ncccn2)C1. The second-order valence-electron chi connectivity index (χ2n) is 6.48. The van der Waals surface area contributed by atoms with Crippen molar-refractivity contribution in [2.24, 2.45) is 5.92 Å². The average Bonchev–Trinajstić information content (AvgIpc) is 3.15. The van der Waals surface area contributed by atoms with Crippen LogP contribution in [0.4, 0.5) is 5.95 Å². The summed E-state index contributed by atoms with van der Waals surface area (Å²) in [5, 5.41) is 3.02. The average molecular weight is 339 g/mol. The van der Waals surface area contributed by atoms with Crippen molar-refractivity contribution in [2.75, 3.05) is 18.1 Å². The van der Waals surface area contributed by atoms with Gasteiger partial charge in [-0.2, -0.15) is 0 Å². The largest absolute Gasteiger partial charge is 0.376 e. The molecule has 2 aromatic rings. The Morgan fingerprint density at radius 1 is 1.28 bits per heavy atom. The molecule has 2 fully saturated rings. The highest BCUT2D eigenvalue weighted by molar-refractivity contribution is 5.79. The number of nitrogens with one attached hydrogen (secondary N) is 1. The minimum Gasteiger partial charge on any atom is -0.376 e. The molecule has 7 nitrogen and oxygen atoms in total. The van der Waals surface area contributed by atoms with E-state index in [1.54, 1.807) is 30.9 Å². The first-order valence-electron chi connectivity index (χ1n) is 8.63. The molecule has 0 aliphatic carbocycles. The quantitative estimate of drug-likeness (QED) is 0.901. The molecule has 0 saturated carbocycles. The van der Waals surface area contributed by atoms with Gasteiger partial charge in [0, 0.05) is 44.5 Å². The molecule has 0 aromatic carbocycles. The Kier molecular flexibility index (Phi) is 4.56. The lowest BCUT2D eigenvalue weighted by Crippen LogP contribution is -2.53. The Labute approximate surface area is 146 Å². The molecule has 4 rings (SSSR count). The molecule has 0 bridgehead atoms. The van der Waals surface area contributed by atoms with E-state index in [0.29, 0.717) is 19.0 Å². The van der Waals surface area contributed by atoms with E-state index in [9.17, 15) is 4.79 Å². The van der Waals surface area contributed by atoms with Gasteiger partial charge in [-0.15, -0.1) is 0 Å². The van der Waals surface area contributed by atoms with Crippen LogP contribution in [0.1, 0.15) is 18.4 Å². The highest BCUT2D eigenvalue weighted by Gasteiger charge is 2.43. The molecular weight excluding hydrogens is 318 g/mol. The molecule has 2 aromatic heterocycles. The topological polar surface area (TPSA) is 80.2 Å². The minimum absolute atomic E-state index is 0.0405. The van der Waals surface area contributed by atoms with Gasteiger partial charge in [-0.1, -0.05) is 6.07 Å². The van der Waals surface area contributed by atoms with Crippen LogP contribution >= 0.6 is 0 Å². The lowest BCUT2D eigenvalue weighted by molar-refractivity contribution is -0.126. The molecule has 2 aliphatic rings. The van der Waals surface area contributed by atoms with Gasteiger partial charge in [-0.3, -0.25) is 9.78 Å². The first kappa shape index (κ1) is 16.0. The fourth-order valence-electron chi connectivity index (χ4n) is 3.64. The van der Waals surface area contributed by atoms with E-state index < -0.39 is 0 Å². The van der Waals surface area contributed by atoms with Crippen molar-refractivity contribution >= 4 is 11.9 Å². The molecule has 0 radical (unpaired) electrons. The third-order valence-electron chi connectivity index (χ3n) is 4.88. The van der Waals surface area contributed by atoms with Gasteiger partial charge in [0.05, 0.1) is 18.1 Å². The summed E-state index contributed by atoms with van der Waals surface area (Å²) in [6.07, 6.45) is 8.72. The molecule has 2 aliphatic heterocycles. The zero-order valence-electron chi connectivity index (χ0n) is 13.9. The zero-order chi connectivity index (χ0) is 17.1. The number of carbonyl (C=O) groups excluding carboxylic acids is 1. The smallest absolute Gasteiger partial charge is 0.225 e. The normalized spacial score (nSPS) is 25.4. The van der Waals surface area contributed by atoms with E-state index in [4.69, 9.17) is 4.74 Å². The van der Waals surface area contributed by atoms with E-state index >= 15 is 0 Å². The first-order valence-corrected chi connectivity index (χ1v) is 8.63. The Bertz CT molecular complexity index is 712. The molecule has 4 heterocycles. The molecule has 0 unspecified atom stereocenters. The summed E-state index contributed by atoms with van der Waals surface area (Å²) in [5.74, 6) is 0.575. The van der Waals surface area contributed by atoms with Crippen molar-refractivity contribution in [3.8, 4) is 0 Å². The maximum Gasteiger partial charge on any atom is 0.225 e. The summed E-state index contributed by atoms with van der Waals surface area (Å²) in [6.45, 7) is 1.83. The van der Waals surface area contributed by atoms with Crippen LogP contribution < -0.4 is 10.2 Å². The van der Waals surface area contributed by atoms with Crippen LogP contribution in [-0.2, 0) is 16.1 Å². The maximum atomic E-state index is 12.7. The molecular formula is C18H21N5O2. The first-order chi connectivity index (χ1) is 12.3. The van der Waals surface area contributed by atoms with Gasteiger partial charge in [-0.25, -0.2) is 9.97 Å². The number of fused-ring (bicyclic) bond motifs is 1.